The van der Waals surface area contributed by atoms with Crippen LogP contribution in [-0.2, 0) is 14.3 Å². The minimum absolute atomic E-state index is 0.114. The van der Waals surface area contributed by atoms with Crippen molar-refractivity contribution in [1.82, 2.24) is 0 Å². The number of carbonyl (C=O) groups is 2. The van der Waals surface area contributed by atoms with E-state index in [1.807, 2.05) is 13.8 Å². The molecule has 1 aliphatic heterocycles. The minimum atomic E-state index is -0.841. The molecule has 3 rings (SSSR count). The Kier molecular flexibility index (Phi) is 2.50. The SMILES string of the molecule is CC1=C2C[C@@H]3[C@@](C)(C[C@@H]2OC1=O)C(=O)CC[C@@]3(C)O. The first kappa shape index (κ1) is 12.9. The predicted molar refractivity (Wildman–Crippen MR) is 68.3 cm³/mol. The summed E-state index contributed by atoms with van der Waals surface area (Å²) in [6, 6.07) is 0. The molecule has 0 aromatic rings. The highest BCUT2D eigenvalue weighted by atomic mass is 16.5. The van der Waals surface area contributed by atoms with E-state index in [2.05, 4.69) is 0 Å². The third-order valence-electron chi connectivity index (χ3n) is 5.47. The van der Waals surface area contributed by atoms with Gasteiger partial charge in [0.2, 0.25) is 0 Å². The van der Waals surface area contributed by atoms with Gasteiger partial charge in [0, 0.05) is 29.7 Å². The van der Waals surface area contributed by atoms with Gasteiger partial charge < -0.3 is 9.84 Å². The number of rotatable bonds is 0. The summed E-state index contributed by atoms with van der Waals surface area (Å²) in [4.78, 5) is 24.0. The molecule has 19 heavy (non-hydrogen) atoms. The first-order valence-corrected chi connectivity index (χ1v) is 6.92. The normalized spacial score (nSPS) is 45.9. The van der Waals surface area contributed by atoms with Crippen LogP contribution in [0, 0.1) is 11.3 Å². The van der Waals surface area contributed by atoms with Crippen molar-refractivity contribution in [2.75, 3.05) is 0 Å². The van der Waals surface area contributed by atoms with Crippen LogP contribution in [0.2, 0.25) is 0 Å². The molecule has 0 amide bonds. The molecule has 2 aliphatic carbocycles. The van der Waals surface area contributed by atoms with Crippen LogP contribution in [0.15, 0.2) is 11.1 Å². The molecule has 0 aromatic carbocycles. The standard InChI is InChI=1S/C15H20O4/c1-8-9-6-11-14(2,7-10(9)19-13(8)17)12(16)4-5-15(11,3)18/h10-11,18H,4-7H2,1-3H3/t10-,11+,14+,15+/m0/s1. The summed E-state index contributed by atoms with van der Waals surface area (Å²) in [5, 5.41) is 10.6. The van der Waals surface area contributed by atoms with E-state index < -0.39 is 11.0 Å². The Morgan fingerprint density at radius 3 is 2.68 bits per heavy atom. The molecule has 4 nitrogen and oxygen atoms in total. The maximum absolute atomic E-state index is 12.3. The highest BCUT2D eigenvalue weighted by Crippen LogP contribution is 2.55. The molecule has 0 radical (unpaired) electrons. The quantitative estimate of drug-likeness (QED) is 0.677. The lowest BCUT2D eigenvalue weighted by atomic mass is 9.53. The summed E-state index contributed by atoms with van der Waals surface area (Å²) < 4.78 is 5.36. The second kappa shape index (κ2) is 3.69. The van der Waals surface area contributed by atoms with Gasteiger partial charge in [-0.2, -0.15) is 0 Å². The number of ketones is 1. The number of aliphatic hydroxyl groups is 1. The number of fused-ring (bicyclic) bond motifs is 2. The largest absolute Gasteiger partial charge is 0.454 e. The molecular formula is C15H20O4. The first-order chi connectivity index (χ1) is 8.75. The Morgan fingerprint density at radius 2 is 2.00 bits per heavy atom. The van der Waals surface area contributed by atoms with Crippen LogP contribution in [0.5, 0.6) is 0 Å². The summed E-state index contributed by atoms with van der Waals surface area (Å²) >= 11 is 0. The van der Waals surface area contributed by atoms with Crippen LogP contribution in [-0.4, -0.2) is 28.6 Å². The Balaban J connectivity index is 2.04. The fraction of sp³-hybridized carbons (Fsp3) is 0.733. The molecule has 3 aliphatic rings. The molecule has 0 unspecified atom stereocenters. The lowest BCUT2D eigenvalue weighted by Gasteiger charge is -2.52. The van der Waals surface area contributed by atoms with E-state index in [4.69, 9.17) is 4.74 Å². The van der Waals surface area contributed by atoms with Crippen LogP contribution >= 0.6 is 0 Å². The zero-order chi connectivity index (χ0) is 14.0. The Hall–Kier alpha value is -1.16. The van der Waals surface area contributed by atoms with E-state index in [1.165, 1.54) is 0 Å². The number of hydrogen-bond acceptors (Lipinski definition) is 4. The molecule has 0 aromatic heterocycles. The highest BCUT2D eigenvalue weighted by Gasteiger charge is 2.58. The van der Waals surface area contributed by atoms with Crippen molar-refractivity contribution in [3.8, 4) is 0 Å². The fourth-order valence-corrected chi connectivity index (χ4v) is 4.12. The van der Waals surface area contributed by atoms with Gasteiger partial charge in [-0.05, 0) is 32.3 Å². The molecule has 4 heteroatoms. The van der Waals surface area contributed by atoms with Crippen LogP contribution in [0.3, 0.4) is 0 Å². The van der Waals surface area contributed by atoms with Crippen molar-refractivity contribution in [1.29, 1.82) is 0 Å². The number of carbonyl (C=O) groups excluding carboxylic acids is 2. The summed E-state index contributed by atoms with van der Waals surface area (Å²) in [6.07, 6.45) is 1.78. The lowest BCUT2D eigenvalue weighted by molar-refractivity contribution is -0.163. The Bertz CT molecular complexity index is 502. The van der Waals surface area contributed by atoms with Crippen LogP contribution < -0.4 is 0 Å². The summed E-state index contributed by atoms with van der Waals surface area (Å²) in [6.45, 7) is 5.52. The van der Waals surface area contributed by atoms with Gasteiger partial charge in [-0.25, -0.2) is 4.79 Å². The van der Waals surface area contributed by atoms with Crippen molar-refractivity contribution in [2.45, 2.75) is 58.2 Å². The summed E-state index contributed by atoms with van der Waals surface area (Å²) in [7, 11) is 0. The van der Waals surface area contributed by atoms with Gasteiger partial charge in [-0.3, -0.25) is 4.79 Å². The molecule has 0 spiro atoms. The third kappa shape index (κ3) is 1.62. The van der Waals surface area contributed by atoms with Gasteiger partial charge in [0.05, 0.1) is 5.60 Å². The van der Waals surface area contributed by atoms with Crippen molar-refractivity contribution in [3.63, 3.8) is 0 Å². The predicted octanol–water partition coefficient (Wildman–Crippen LogP) is 1.76. The molecule has 4 atom stereocenters. The summed E-state index contributed by atoms with van der Waals surface area (Å²) in [5.74, 6) is -0.185. The zero-order valence-corrected chi connectivity index (χ0v) is 11.7. The molecule has 104 valence electrons. The zero-order valence-electron chi connectivity index (χ0n) is 11.7. The first-order valence-electron chi connectivity index (χ1n) is 6.92. The lowest BCUT2D eigenvalue weighted by Crippen LogP contribution is -2.56. The molecule has 0 saturated heterocycles. The average Bonchev–Trinajstić information content (AvgIpc) is 2.59. The topological polar surface area (TPSA) is 63.6 Å². The van der Waals surface area contributed by atoms with E-state index in [0.29, 0.717) is 31.3 Å². The second-order valence-corrected chi connectivity index (χ2v) is 6.70. The molecule has 2 fully saturated rings. The van der Waals surface area contributed by atoms with Gasteiger partial charge in [-0.15, -0.1) is 0 Å². The van der Waals surface area contributed by atoms with Gasteiger partial charge in [-0.1, -0.05) is 6.92 Å². The minimum Gasteiger partial charge on any atom is -0.454 e. The molecule has 1 heterocycles. The van der Waals surface area contributed by atoms with Crippen LogP contribution in [0.1, 0.15) is 46.5 Å². The van der Waals surface area contributed by atoms with E-state index in [0.717, 1.165) is 5.57 Å². The van der Waals surface area contributed by atoms with E-state index in [1.54, 1.807) is 6.92 Å². The van der Waals surface area contributed by atoms with Crippen LogP contribution in [0.4, 0.5) is 0 Å². The molecule has 0 bridgehead atoms. The molecule has 2 saturated carbocycles. The number of esters is 1. The van der Waals surface area contributed by atoms with E-state index >= 15 is 0 Å². The Labute approximate surface area is 112 Å². The number of Topliss-reactive ketones (excluding diaryl/α,β-unsaturated/α-hetero) is 1. The van der Waals surface area contributed by atoms with Crippen molar-refractivity contribution in [3.05, 3.63) is 11.1 Å². The average molecular weight is 264 g/mol. The number of hydrogen-bond donors (Lipinski definition) is 1. The van der Waals surface area contributed by atoms with Gasteiger partial charge in [0.1, 0.15) is 11.9 Å². The van der Waals surface area contributed by atoms with Gasteiger partial charge in [0.15, 0.2) is 0 Å². The van der Waals surface area contributed by atoms with Crippen molar-refractivity contribution >= 4 is 11.8 Å². The van der Waals surface area contributed by atoms with E-state index in [-0.39, 0.29) is 23.8 Å². The maximum Gasteiger partial charge on any atom is 0.334 e. The Morgan fingerprint density at radius 1 is 1.32 bits per heavy atom. The second-order valence-electron chi connectivity index (χ2n) is 6.70. The molecular weight excluding hydrogens is 244 g/mol. The highest BCUT2D eigenvalue weighted by molar-refractivity contribution is 5.93. The van der Waals surface area contributed by atoms with E-state index in [9.17, 15) is 14.7 Å². The molecule has 1 N–H and O–H groups in total. The van der Waals surface area contributed by atoms with Crippen LogP contribution in [0.25, 0.3) is 0 Å². The maximum atomic E-state index is 12.3. The monoisotopic (exact) mass is 264 g/mol. The summed E-state index contributed by atoms with van der Waals surface area (Å²) in [5.41, 5.74) is 0.246. The van der Waals surface area contributed by atoms with Crippen molar-refractivity contribution in [2.24, 2.45) is 11.3 Å². The van der Waals surface area contributed by atoms with Gasteiger partial charge in [0.25, 0.3) is 0 Å². The third-order valence-corrected chi connectivity index (χ3v) is 5.47. The smallest absolute Gasteiger partial charge is 0.334 e. The van der Waals surface area contributed by atoms with Crippen molar-refractivity contribution < 1.29 is 19.4 Å². The number of ether oxygens (including phenoxy) is 1. The fourth-order valence-electron chi connectivity index (χ4n) is 4.12. The van der Waals surface area contributed by atoms with Gasteiger partial charge >= 0.3 is 5.97 Å².